The molecule has 0 unspecified atom stereocenters. The number of piperidine rings is 1. The van der Waals surface area contributed by atoms with Crippen LogP contribution in [0.4, 0.5) is 23.7 Å². The largest absolute Gasteiger partial charge is 0.494 e. The molecule has 1 amide bonds. The van der Waals surface area contributed by atoms with Crippen LogP contribution in [0.25, 0.3) is 0 Å². The van der Waals surface area contributed by atoms with E-state index in [1.54, 1.807) is 12.0 Å². The van der Waals surface area contributed by atoms with Crippen molar-refractivity contribution in [1.29, 1.82) is 0 Å². The summed E-state index contributed by atoms with van der Waals surface area (Å²) >= 11 is 0. The predicted molar refractivity (Wildman–Crippen MR) is 171 cm³/mol. The number of rotatable bonds is 14. The molecule has 0 saturated carbocycles. The second-order valence-electron chi connectivity index (χ2n) is 13.0. The summed E-state index contributed by atoms with van der Waals surface area (Å²) in [4.78, 5) is 17.2. The van der Waals surface area contributed by atoms with Crippen molar-refractivity contribution >= 4 is 11.8 Å². The lowest BCUT2D eigenvalue weighted by molar-refractivity contribution is -0.174. The number of amides is 1. The van der Waals surface area contributed by atoms with Crippen molar-refractivity contribution in [3.63, 3.8) is 0 Å². The summed E-state index contributed by atoms with van der Waals surface area (Å²) in [6.45, 7) is 8.64. The van der Waals surface area contributed by atoms with Gasteiger partial charge in [-0.25, -0.2) is 4.79 Å². The lowest BCUT2D eigenvalue weighted by Crippen LogP contribution is -2.48. The molecule has 0 bridgehead atoms. The van der Waals surface area contributed by atoms with Crippen molar-refractivity contribution in [1.82, 2.24) is 4.90 Å². The van der Waals surface area contributed by atoms with Crippen LogP contribution >= 0.6 is 0 Å². The number of carbonyl (C=O) groups excluding carboxylic acids is 1. The fourth-order valence-electron chi connectivity index (χ4n) is 5.93. The van der Waals surface area contributed by atoms with Gasteiger partial charge in [-0.1, -0.05) is 24.3 Å². The third-order valence-electron chi connectivity index (χ3n) is 8.09. The van der Waals surface area contributed by atoms with E-state index < -0.39 is 18.4 Å². The van der Waals surface area contributed by atoms with Crippen LogP contribution in [0.3, 0.4) is 0 Å². The summed E-state index contributed by atoms with van der Waals surface area (Å²) < 4.78 is 64.6. The van der Waals surface area contributed by atoms with E-state index in [0.29, 0.717) is 38.3 Å². The number of carbonyl (C=O) groups is 1. The number of fused-ring (bicyclic) bond motifs is 1. The molecule has 2 aromatic carbocycles. The molecule has 1 fully saturated rings. The summed E-state index contributed by atoms with van der Waals surface area (Å²) in [5.74, 6) is 0.680. The molecule has 1 saturated heterocycles. The first-order chi connectivity index (χ1) is 21.9. The molecule has 2 aliphatic rings. The van der Waals surface area contributed by atoms with Gasteiger partial charge in [0, 0.05) is 51.4 Å². The van der Waals surface area contributed by atoms with Gasteiger partial charge in [0.25, 0.3) is 0 Å². The molecule has 0 aliphatic carbocycles. The Labute approximate surface area is 271 Å². The van der Waals surface area contributed by atoms with E-state index in [1.165, 1.54) is 11.3 Å². The van der Waals surface area contributed by atoms with Crippen LogP contribution in [0.5, 0.6) is 5.75 Å². The van der Waals surface area contributed by atoms with E-state index in [-0.39, 0.29) is 31.3 Å². The molecule has 0 radical (unpaired) electrons. The second-order valence-corrected chi connectivity index (χ2v) is 13.0. The van der Waals surface area contributed by atoms with Crippen LogP contribution in [-0.4, -0.2) is 88.6 Å². The lowest BCUT2D eigenvalue weighted by atomic mass is 9.87. The molecule has 4 rings (SSSR count). The smallest absolute Gasteiger partial charge is 0.411 e. The number of hydrogen-bond acceptors (Lipinski definition) is 7. The molecule has 256 valence electrons. The molecule has 0 aromatic heterocycles. The molecule has 8 nitrogen and oxygen atoms in total. The number of ether oxygens (including phenoxy) is 5. The van der Waals surface area contributed by atoms with Crippen molar-refractivity contribution in [2.24, 2.45) is 0 Å². The first-order valence-corrected chi connectivity index (χ1v) is 16.2. The maximum Gasteiger partial charge on any atom is 0.411 e. The average Bonchev–Trinajstić information content (AvgIpc) is 3.01. The highest BCUT2D eigenvalue weighted by atomic mass is 19.4. The molecule has 0 spiro atoms. The number of anilines is 1. The Morgan fingerprint density at radius 3 is 2.48 bits per heavy atom. The quantitative estimate of drug-likeness (QED) is 0.202. The topological polar surface area (TPSA) is 69.7 Å². The van der Waals surface area contributed by atoms with Crippen molar-refractivity contribution in [3.05, 3.63) is 59.2 Å². The zero-order valence-corrected chi connectivity index (χ0v) is 27.6. The predicted octanol–water partition coefficient (Wildman–Crippen LogP) is 7.13. The summed E-state index contributed by atoms with van der Waals surface area (Å²) in [5, 5.41) is 0. The highest BCUT2D eigenvalue weighted by Crippen LogP contribution is 2.34. The standard InChI is InChI=1S/C35H49F3N2O6/c1-34(2,3)46-33(41)40-18-15-30(27-11-13-29(14-12-27)44-21-7-20-43-25-35(36,37)38)32(23-40)45-24-26-9-10-28-8-5-16-39(31(28)22-26)17-6-19-42-4/h9-14,22,30,32H,5-8,15-21,23-25H2,1-4H3/t30-,32+/m1/s1. The minimum Gasteiger partial charge on any atom is -0.494 e. The number of likely N-dealkylation sites (tertiary alicyclic amines) is 1. The first kappa shape index (κ1) is 35.8. The molecule has 2 heterocycles. The Hall–Kier alpha value is -3.02. The summed E-state index contributed by atoms with van der Waals surface area (Å²) in [6, 6.07) is 14.3. The van der Waals surface area contributed by atoms with Gasteiger partial charge in [0.05, 0.1) is 32.5 Å². The fraction of sp³-hybridized carbons (Fsp3) is 0.629. The zero-order chi connectivity index (χ0) is 33.2. The monoisotopic (exact) mass is 650 g/mol. The van der Waals surface area contributed by atoms with Gasteiger partial charge in [-0.05, 0) is 81.3 Å². The van der Waals surface area contributed by atoms with E-state index in [4.69, 9.17) is 18.9 Å². The third kappa shape index (κ3) is 11.3. The molecule has 11 heteroatoms. The summed E-state index contributed by atoms with van der Waals surface area (Å²) in [6.07, 6.45) is -0.689. The maximum absolute atomic E-state index is 13.0. The van der Waals surface area contributed by atoms with Crippen molar-refractivity contribution in [2.45, 2.75) is 83.3 Å². The van der Waals surface area contributed by atoms with Gasteiger partial charge in [0.2, 0.25) is 0 Å². The number of benzene rings is 2. The number of methoxy groups -OCH3 is 1. The minimum absolute atomic E-state index is 0.0249. The van der Waals surface area contributed by atoms with Gasteiger partial charge >= 0.3 is 12.3 Å². The van der Waals surface area contributed by atoms with E-state index in [9.17, 15) is 18.0 Å². The van der Waals surface area contributed by atoms with Gasteiger partial charge in [-0.15, -0.1) is 0 Å². The number of aryl methyl sites for hydroxylation is 1. The van der Waals surface area contributed by atoms with E-state index in [1.807, 2.05) is 45.0 Å². The SMILES string of the molecule is COCCCN1CCCc2ccc(CO[C@H]3CN(C(=O)OC(C)(C)C)CC[C@@H]3c3ccc(OCCCOCC(F)(F)F)cc3)cc21. The molecular weight excluding hydrogens is 601 g/mol. The molecule has 0 N–H and O–H groups in total. The number of alkyl halides is 3. The molecule has 2 aliphatic heterocycles. The Morgan fingerprint density at radius 1 is 0.978 bits per heavy atom. The van der Waals surface area contributed by atoms with Crippen molar-refractivity contribution in [2.75, 3.05) is 64.6 Å². The number of hydrogen-bond donors (Lipinski definition) is 0. The average molecular weight is 651 g/mol. The van der Waals surface area contributed by atoms with E-state index in [2.05, 4.69) is 27.8 Å². The Morgan fingerprint density at radius 2 is 1.76 bits per heavy atom. The Balaban J connectivity index is 1.41. The van der Waals surface area contributed by atoms with Gasteiger partial charge in [-0.3, -0.25) is 0 Å². The third-order valence-corrected chi connectivity index (χ3v) is 8.09. The zero-order valence-electron chi connectivity index (χ0n) is 27.6. The summed E-state index contributed by atoms with van der Waals surface area (Å²) in [5.41, 5.74) is 4.19. The maximum atomic E-state index is 13.0. The normalized spacial score (nSPS) is 18.8. The lowest BCUT2D eigenvalue weighted by Gasteiger charge is -2.39. The molecule has 2 atom stereocenters. The number of halogens is 3. The van der Waals surface area contributed by atoms with Gasteiger partial charge in [-0.2, -0.15) is 13.2 Å². The number of nitrogens with zero attached hydrogens (tertiary/aromatic N) is 2. The van der Waals surface area contributed by atoms with E-state index in [0.717, 1.165) is 50.1 Å². The van der Waals surface area contributed by atoms with Crippen molar-refractivity contribution < 1.29 is 41.7 Å². The van der Waals surface area contributed by atoms with Crippen LogP contribution in [-0.2, 0) is 32.0 Å². The van der Waals surface area contributed by atoms with Crippen LogP contribution in [0.1, 0.15) is 69.1 Å². The molecule has 46 heavy (non-hydrogen) atoms. The van der Waals surface area contributed by atoms with Crippen LogP contribution in [0.15, 0.2) is 42.5 Å². The van der Waals surface area contributed by atoms with E-state index >= 15 is 0 Å². The Bertz CT molecular complexity index is 1230. The van der Waals surface area contributed by atoms with Gasteiger partial charge in [0.1, 0.15) is 18.0 Å². The van der Waals surface area contributed by atoms with Gasteiger partial charge in [0.15, 0.2) is 0 Å². The fourth-order valence-corrected chi connectivity index (χ4v) is 5.93. The Kier molecular flexibility index (Phi) is 13.0. The van der Waals surface area contributed by atoms with Gasteiger partial charge < -0.3 is 33.5 Å². The van der Waals surface area contributed by atoms with Crippen molar-refractivity contribution in [3.8, 4) is 5.75 Å². The summed E-state index contributed by atoms with van der Waals surface area (Å²) in [7, 11) is 1.73. The highest BCUT2D eigenvalue weighted by Gasteiger charge is 2.35. The highest BCUT2D eigenvalue weighted by molar-refractivity contribution is 5.68. The second kappa shape index (κ2) is 16.7. The van der Waals surface area contributed by atoms with Crippen LogP contribution in [0.2, 0.25) is 0 Å². The molecule has 2 aromatic rings. The first-order valence-electron chi connectivity index (χ1n) is 16.2. The minimum atomic E-state index is -4.33. The van der Waals surface area contributed by atoms with Crippen LogP contribution in [0, 0.1) is 0 Å². The molecular formula is C35H49F3N2O6. The van der Waals surface area contributed by atoms with Crippen LogP contribution < -0.4 is 9.64 Å².